The largest absolute Gasteiger partial charge is 0.393 e. The van der Waals surface area contributed by atoms with E-state index in [9.17, 15) is 30.6 Å². The monoisotopic (exact) mass is 319 g/mol. The second kappa shape index (κ2) is 3.88. The highest BCUT2D eigenvalue weighted by Gasteiger charge is 2.82. The third-order valence-electron chi connectivity index (χ3n) is 5.22. The van der Waals surface area contributed by atoms with Crippen molar-refractivity contribution in [2.24, 2.45) is 16.6 Å². The van der Waals surface area contributed by atoms with Crippen molar-refractivity contribution in [3.63, 3.8) is 0 Å². The smallest absolute Gasteiger partial charge is 0.311 e. The molecule has 0 aromatic carbocycles. The van der Waals surface area contributed by atoms with E-state index < -0.39 is 60.3 Å². The van der Waals surface area contributed by atoms with Gasteiger partial charge in [-0.2, -0.15) is 0 Å². The molecule has 11 heteroatoms. The first-order valence-electron chi connectivity index (χ1n) is 6.77. The van der Waals surface area contributed by atoms with Crippen molar-refractivity contribution in [1.82, 2.24) is 5.32 Å². The number of nitrogens with one attached hydrogen (secondary N) is 1. The lowest BCUT2D eigenvalue weighted by atomic mass is 9.55. The van der Waals surface area contributed by atoms with Crippen LogP contribution in [-0.2, 0) is 9.47 Å². The van der Waals surface area contributed by atoms with Crippen LogP contribution in [0.5, 0.6) is 0 Å². The Hall–Kier alpha value is -1.05. The van der Waals surface area contributed by atoms with Gasteiger partial charge in [-0.05, 0) is 0 Å². The van der Waals surface area contributed by atoms with Crippen molar-refractivity contribution in [3.8, 4) is 0 Å². The number of guanidine groups is 1. The lowest BCUT2D eigenvalue weighted by Gasteiger charge is -2.71. The van der Waals surface area contributed by atoms with Crippen molar-refractivity contribution in [1.29, 1.82) is 0 Å². The Balaban J connectivity index is 1.95. The van der Waals surface area contributed by atoms with Gasteiger partial charge in [-0.1, -0.05) is 0 Å². The maximum Gasteiger partial charge on any atom is 0.311 e. The fourth-order valence-corrected chi connectivity index (χ4v) is 4.24. The molecule has 1 unspecified atom stereocenters. The summed E-state index contributed by atoms with van der Waals surface area (Å²) in [6.45, 7) is -0.857. The number of aliphatic hydroxyl groups excluding tert-OH is 4. The molecule has 9 atom stereocenters. The van der Waals surface area contributed by atoms with Gasteiger partial charge in [0.25, 0.3) is 0 Å². The van der Waals surface area contributed by atoms with E-state index >= 15 is 0 Å². The summed E-state index contributed by atoms with van der Waals surface area (Å²) in [5.41, 5.74) is 1.74. The minimum absolute atomic E-state index is 0.250. The van der Waals surface area contributed by atoms with Crippen LogP contribution in [0.25, 0.3) is 0 Å². The number of ether oxygens (including phenoxy) is 2. The minimum Gasteiger partial charge on any atom is -0.393 e. The van der Waals surface area contributed by atoms with Gasteiger partial charge in [0.2, 0.25) is 0 Å². The van der Waals surface area contributed by atoms with Crippen molar-refractivity contribution < 1.29 is 40.1 Å². The van der Waals surface area contributed by atoms with E-state index in [0.717, 1.165) is 0 Å². The molecule has 1 aliphatic carbocycles. The molecule has 0 aromatic rings. The van der Waals surface area contributed by atoms with E-state index in [0.29, 0.717) is 0 Å². The molecule has 22 heavy (non-hydrogen) atoms. The number of aliphatic hydroxyl groups is 6. The average molecular weight is 319 g/mol. The summed E-state index contributed by atoms with van der Waals surface area (Å²) in [7, 11) is 0. The number of aliphatic imine (C=N–C) groups is 1. The topological polar surface area (TPSA) is 190 Å². The van der Waals surface area contributed by atoms with E-state index in [-0.39, 0.29) is 5.96 Å². The van der Waals surface area contributed by atoms with Gasteiger partial charge >= 0.3 is 5.97 Å². The molecule has 11 nitrogen and oxygen atoms in total. The third kappa shape index (κ3) is 1.28. The van der Waals surface area contributed by atoms with Crippen LogP contribution in [0.2, 0.25) is 0 Å². The second-order valence-electron chi connectivity index (χ2n) is 6.22. The molecule has 0 radical (unpaired) electrons. The van der Waals surface area contributed by atoms with E-state index in [1.807, 2.05) is 0 Å². The summed E-state index contributed by atoms with van der Waals surface area (Å²) in [6.07, 6.45) is -7.77. The standard InChI is InChI=1S/C11H17N3O8/c12-8-13-6(17)2-4-9(19,1-15)5-3(16)10(2,14-8)7(18)11(20,21-4)22-5/h2-7,15-20H,1H2,(H3,12,13,14)/t2-,3?,4-,5-,6-,7+,9+,10-,11+/m1/s1. The summed E-state index contributed by atoms with van der Waals surface area (Å²) in [5, 5.41) is 64.3. The van der Waals surface area contributed by atoms with Crippen molar-refractivity contribution in [3.05, 3.63) is 0 Å². The Morgan fingerprint density at radius 1 is 1.18 bits per heavy atom. The molecule has 1 spiro atoms. The maximum atomic E-state index is 10.6. The number of rotatable bonds is 1. The fraction of sp³-hybridized carbons (Fsp3) is 0.909. The summed E-state index contributed by atoms with van der Waals surface area (Å²) in [6, 6.07) is 0. The predicted octanol–water partition coefficient (Wildman–Crippen LogP) is -5.52. The number of hydrogen-bond acceptors (Lipinski definition) is 11. The van der Waals surface area contributed by atoms with E-state index in [2.05, 4.69) is 10.3 Å². The van der Waals surface area contributed by atoms with Gasteiger partial charge in [0.05, 0.1) is 12.5 Å². The van der Waals surface area contributed by atoms with Crippen LogP contribution in [0.4, 0.5) is 0 Å². The Morgan fingerprint density at radius 2 is 1.82 bits per heavy atom. The molecule has 124 valence electrons. The SMILES string of the molecule is NC1=N[C@H](O)[C@H]2[C@H]3O[C@]4(O)O[C@H](C(O)[C@@]2(N1)[C@@H]4O)[C@]3(O)CO. The Labute approximate surface area is 123 Å². The molecule has 9 N–H and O–H groups in total. The molecule has 0 amide bonds. The molecule has 4 fully saturated rings. The first-order valence-corrected chi connectivity index (χ1v) is 6.77. The molecule has 4 heterocycles. The number of nitrogens with two attached hydrogens (primary N) is 1. The first kappa shape index (κ1) is 14.5. The van der Waals surface area contributed by atoms with E-state index in [1.165, 1.54) is 0 Å². The summed E-state index contributed by atoms with van der Waals surface area (Å²) < 4.78 is 10.3. The maximum absolute atomic E-state index is 10.6. The second-order valence-corrected chi connectivity index (χ2v) is 6.22. The van der Waals surface area contributed by atoms with Crippen molar-refractivity contribution in [2.75, 3.05) is 6.61 Å². The molecule has 3 saturated heterocycles. The van der Waals surface area contributed by atoms with Crippen molar-refractivity contribution >= 4 is 5.96 Å². The minimum atomic E-state index is -2.52. The molecule has 4 aliphatic heterocycles. The lowest BCUT2D eigenvalue weighted by Crippen LogP contribution is -2.95. The first-order chi connectivity index (χ1) is 10.2. The molecule has 5 aliphatic rings. The van der Waals surface area contributed by atoms with Gasteiger partial charge in [-0.3, -0.25) is 0 Å². The molecule has 1 saturated carbocycles. The normalized spacial score (nSPS) is 62.4. The molecule has 4 bridgehead atoms. The quantitative estimate of drug-likeness (QED) is 0.231. The lowest BCUT2D eigenvalue weighted by molar-refractivity contribution is -0.548. The van der Waals surface area contributed by atoms with Gasteiger partial charge in [-0.15, -0.1) is 0 Å². The highest BCUT2D eigenvalue weighted by Crippen LogP contribution is 2.58. The van der Waals surface area contributed by atoms with Gasteiger partial charge < -0.3 is 51.2 Å². The third-order valence-corrected chi connectivity index (χ3v) is 5.22. The van der Waals surface area contributed by atoms with Crippen LogP contribution in [0.3, 0.4) is 0 Å². The molecular weight excluding hydrogens is 302 g/mol. The van der Waals surface area contributed by atoms with Crippen LogP contribution in [0, 0.1) is 5.92 Å². The summed E-state index contributed by atoms with van der Waals surface area (Å²) in [5.74, 6) is -3.95. The van der Waals surface area contributed by atoms with Crippen LogP contribution >= 0.6 is 0 Å². The van der Waals surface area contributed by atoms with Crippen LogP contribution < -0.4 is 11.1 Å². The Morgan fingerprint density at radius 3 is 2.45 bits per heavy atom. The van der Waals surface area contributed by atoms with Crippen LogP contribution in [0.15, 0.2) is 4.99 Å². The zero-order chi connectivity index (χ0) is 16.1. The van der Waals surface area contributed by atoms with Gasteiger partial charge in [0.15, 0.2) is 18.3 Å². The summed E-state index contributed by atoms with van der Waals surface area (Å²) >= 11 is 0. The zero-order valence-corrected chi connectivity index (χ0v) is 11.2. The van der Waals surface area contributed by atoms with Crippen LogP contribution in [0.1, 0.15) is 0 Å². The highest BCUT2D eigenvalue weighted by atomic mass is 16.9. The highest BCUT2D eigenvalue weighted by molar-refractivity contribution is 5.80. The van der Waals surface area contributed by atoms with E-state index in [4.69, 9.17) is 15.2 Å². The molecule has 0 aromatic heterocycles. The van der Waals surface area contributed by atoms with Crippen LogP contribution in [-0.4, -0.2) is 91.0 Å². The summed E-state index contributed by atoms with van der Waals surface area (Å²) in [4.78, 5) is 3.70. The van der Waals surface area contributed by atoms with Crippen molar-refractivity contribution in [2.45, 2.75) is 47.8 Å². The van der Waals surface area contributed by atoms with Gasteiger partial charge in [0.1, 0.15) is 29.5 Å². The number of hydrogen-bond donors (Lipinski definition) is 8. The average Bonchev–Trinajstić information content (AvgIpc) is 2.45. The predicted molar refractivity (Wildman–Crippen MR) is 65.7 cm³/mol. The Bertz CT molecular complexity index is 561. The number of nitrogens with zero attached hydrogens (tertiary/aromatic N) is 1. The zero-order valence-electron chi connectivity index (χ0n) is 11.2. The van der Waals surface area contributed by atoms with Gasteiger partial charge in [-0.25, -0.2) is 4.99 Å². The fourth-order valence-electron chi connectivity index (χ4n) is 4.24. The molecular formula is C11H17N3O8. The van der Waals surface area contributed by atoms with Gasteiger partial charge in [0, 0.05) is 0 Å². The molecule has 5 rings (SSSR count). The Kier molecular flexibility index (Phi) is 2.57. The van der Waals surface area contributed by atoms with E-state index in [1.54, 1.807) is 0 Å².